The minimum atomic E-state index is -0.109. The van der Waals surface area contributed by atoms with Gasteiger partial charge in [0.2, 0.25) is 5.82 Å². The Hall–Kier alpha value is -3.45. The summed E-state index contributed by atoms with van der Waals surface area (Å²) in [6, 6.07) is 18.0. The number of nitrogens with zero attached hydrogens (tertiary/aromatic N) is 6. The Morgan fingerprint density at radius 1 is 1.09 bits per heavy atom. The normalized spacial score (nSPS) is 19.2. The van der Waals surface area contributed by atoms with Crippen molar-refractivity contribution in [2.75, 3.05) is 0 Å². The molecule has 0 spiro atoms. The summed E-state index contributed by atoms with van der Waals surface area (Å²) in [5.74, 6) is 0.143. The van der Waals surface area contributed by atoms with Crippen LogP contribution in [-0.4, -0.2) is 41.4 Å². The first-order valence-corrected chi connectivity index (χ1v) is 12.0. The Morgan fingerprint density at radius 2 is 1.94 bits per heavy atom. The van der Waals surface area contributed by atoms with Gasteiger partial charge in [0.05, 0.1) is 24.0 Å². The van der Waals surface area contributed by atoms with Crippen LogP contribution < -0.4 is 0 Å². The maximum atomic E-state index is 13.6. The molecule has 2 atom stereocenters. The van der Waals surface area contributed by atoms with Crippen LogP contribution in [0.3, 0.4) is 0 Å². The molecule has 6 rings (SSSR count). The Bertz CT molecular complexity index is 1360. The maximum absolute atomic E-state index is 13.6. The first-order valence-electron chi connectivity index (χ1n) is 11.7. The summed E-state index contributed by atoms with van der Waals surface area (Å²) < 4.78 is 3.66. The number of piperidine rings is 1. The number of aromatic nitrogens is 5. The Labute approximate surface area is 203 Å². The van der Waals surface area contributed by atoms with E-state index < -0.39 is 0 Å². The van der Waals surface area contributed by atoms with Crippen LogP contribution in [0.15, 0.2) is 60.9 Å². The van der Waals surface area contributed by atoms with Gasteiger partial charge in [0.25, 0.3) is 5.91 Å². The fourth-order valence-electron chi connectivity index (χ4n) is 5.50. The Morgan fingerprint density at radius 3 is 2.76 bits per heavy atom. The first-order chi connectivity index (χ1) is 16.6. The van der Waals surface area contributed by atoms with Crippen molar-refractivity contribution in [3.05, 3.63) is 88.6 Å². The molecule has 1 amide bonds. The smallest absolute Gasteiger partial charge is 0.294 e. The number of hydrogen-bond acceptors (Lipinski definition) is 4. The minimum Gasteiger partial charge on any atom is -0.324 e. The van der Waals surface area contributed by atoms with Crippen LogP contribution in [0.1, 0.15) is 52.7 Å². The number of halogens is 1. The fourth-order valence-corrected chi connectivity index (χ4v) is 5.69. The van der Waals surface area contributed by atoms with Crippen LogP contribution in [0.2, 0.25) is 5.02 Å². The van der Waals surface area contributed by atoms with Gasteiger partial charge in [-0.2, -0.15) is 5.10 Å². The quantitative estimate of drug-likeness (QED) is 0.432. The maximum Gasteiger partial charge on any atom is 0.294 e. The van der Waals surface area contributed by atoms with Gasteiger partial charge in [-0.25, -0.2) is 9.67 Å². The van der Waals surface area contributed by atoms with E-state index in [9.17, 15) is 4.79 Å². The highest BCUT2D eigenvalue weighted by Crippen LogP contribution is 2.45. The molecule has 34 heavy (non-hydrogen) atoms. The SMILES string of the molecule is Cn1nc2c(c1-c1cccc(Cl)c1)CC1CCCC2N1C(=O)c1ncn(Cc2ccccc2)n1. The van der Waals surface area contributed by atoms with Crippen molar-refractivity contribution in [2.45, 2.75) is 44.3 Å². The van der Waals surface area contributed by atoms with E-state index in [1.807, 2.05) is 65.2 Å². The molecule has 7 nitrogen and oxygen atoms in total. The Balaban J connectivity index is 1.32. The predicted molar refractivity (Wildman–Crippen MR) is 129 cm³/mol. The molecular formula is C26H25ClN6O. The molecule has 172 valence electrons. The number of rotatable bonds is 4. The van der Waals surface area contributed by atoms with Crippen LogP contribution >= 0.6 is 11.6 Å². The topological polar surface area (TPSA) is 68.8 Å². The van der Waals surface area contributed by atoms with Gasteiger partial charge in [0.1, 0.15) is 6.33 Å². The average Bonchev–Trinajstić information content (AvgIpc) is 3.43. The lowest BCUT2D eigenvalue weighted by molar-refractivity contribution is 0.0379. The van der Waals surface area contributed by atoms with E-state index in [-0.39, 0.29) is 23.8 Å². The second-order valence-electron chi connectivity index (χ2n) is 9.11. The van der Waals surface area contributed by atoms with Gasteiger partial charge in [0, 0.05) is 29.2 Å². The molecule has 0 aliphatic carbocycles. The summed E-state index contributed by atoms with van der Waals surface area (Å²) in [5.41, 5.74) is 5.49. The molecule has 4 aromatic rings. The summed E-state index contributed by atoms with van der Waals surface area (Å²) in [6.07, 6.45) is 5.36. The molecule has 2 aromatic carbocycles. The van der Waals surface area contributed by atoms with Gasteiger partial charge in [-0.05, 0) is 43.4 Å². The number of benzene rings is 2. The summed E-state index contributed by atoms with van der Waals surface area (Å²) in [5, 5.41) is 10.1. The molecule has 4 heterocycles. The highest BCUT2D eigenvalue weighted by molar-refractivity contribution is 6.30. The molecule has 2 aliphatic heterocycles. The molecule has 2 bridgehead atoms. The largest absolute Gasteiger partial charge is 0.324 e. The molecule has 2 aliphatic rings. The van der Waals surface area contributed by atoms with Crippen molar-refractivity contribution in [1.29, 1.82) is 0 Å². The van der Waals surface area contributed by atoms with E-state index >= 15 is 0 Å². The van der Waals surface area contributed by atoms with Gasteiger partial charge in [-0.15, -0.1) is 5.10 Å². The average molecular weight is 473 g/mol. The molecular weight excluding hydrogens is 448 g/mol. The van der Waals surface area contributed by atoms with E-state index in [0.29, 0.717) is 11.6 Å². The third-order valence-corrected chi connectivity index (χ3v) is 7.16. The molecule has 8 heteroatoms. The summed E-state index contributed by atoms with van der Waals surface area (Å²) in [6.45, 7) is 0.585. The van der Waals surface area contributed by atoms with Gasteiger partial charge < -0.3 is 4.90 Å². The standard InChI is InChI=1S/C26H25ClN6O/c1-31-24(18-9-5-10-19(27)13-18)21-14-20-11-6-12-22(23(21)29-31)33(20)26(34)25-28-16-32(30-25)15-17-7-3-2-4-8-17/h2-5,7-10,13,16,20,22H,6,11-12,14-15H2,1H3. The third-order valence-electron chi connectivity index (χ3n) is 6.92. The lowest BCUT2D eigenvalue weighted by atomic mass is 9.81. The zero-order chi connectivity index (χ0) is 23.2. The number of amides is 1. The molecule has 1 fully saturated rings. The van der Waals surface area contributed by atoms with Crippen molar-refractivity contribution in [3.63, 3.8) is 0 Å². The monoisotopic (exact) mass is 472 g/mol. The van der Waals surface area contributed by atoms with Crippen LogP contribution in [0.25, 0.3) is 11.3 Å². The highest BCUT2D eigenvalue weighted by atomic mass is 35.5. The minimum absolute atomic E-state index is 0.0600. The van der Waals surface area contributed by atoms with E-state index in [1.54, 1.807) is 11.0 Å². The molecule has 0 saturated carbocycles. The summed E-state index contributed by atoms with van der Waals surface area (Å²) in [7, 11) is 1.97. The van der Waals surface area contributed by atoms with Crippen LogP contribution in [0.5, 0.6) is 0 Å². The zero-order valence-electron chi connectivity index (χ0n) is 18.9. The van der Waals surface area contributed by atoms with E-state index in [2.05, 4.69) is 16.1 Å². The van der Waals surface area contributed by atoms with Gasteiger partial charge in [0.15, 0.2) is 0 Å². The fraction of sp³-hybridized carbons (Fsp3) is 0.308. The van der Waals surface area contributed by atoms with E-state index in [4.69, 9.17) is 16.7 Å². The van der Waals surface area contributed by atoms with Gasteiger partial charge >= 0.3 is 0 Å². The van der Waals surface area contributed by atoms with Gasteiger partial charge in [-0.1, -0.05) is 54.1 Å². The van der Waals surface area contributed by atoms with Crippen molar-refractivity contribution in [3.8, 4) is 11.3 Å². The number of carbonyl (C=O) groups excluding carboxylic acids is 1. The van der Waals surface area contributed by atoms with Crippen molar-refractivity contribution >= 4 is 17.5 Å². The number of carbonyl (C=O) groups is 1. The third kappa shape index (κ3) is 3.60. The van der Waals surface area contributed by atoms with E-state index in [1.165, 1.54) is 5.56 Å². The molecule has 2 unspecified atom stereocenters. The highest BCUT2D eigenvalue weighted by Gasteiger charge is 2.44. The van der Waals surface area contributed by atoms with Crippen LogP contribution in [-0.2, 0) is 20.0 Å². The number of fused-ring (bicyclic) bond motifs is 4. The Kier molecular flexibility index (Phi) is 5.21. The molecule has 1 saturated heterocycles. The lowest BCUT2D eigenvalue weighted by Gasteiger charge is -2.44. The number of hydrogen-bond donors (Lipinski definition) is 0. The second kappa shape index (κ2) is 8.40. The predicted octanol–water partition coefficient (Wildman–Crippen LogP) is 4.67. The lowest BCUT2D eigenvalue weighted by Crippen LogP contribution is -2.50. The summed E-state index contributed by atoms with van der Waals surface area (Å²) >= 11 is 6.28. The van der Waals surface area contributed by atoms with Crippen LogP contribution in [0, 0.1) is 0 Å². The second-order valence-corrected chi connectivity index (χ2v) is 9.55. The molecule has 2 aromatic heterocycles. The van der Waals surface area contributed by atoms with Crippen LogP contribution in [0.4, 0.5) is 0 Å². The van der Waals surface area contributed by atoms with Crippen molar-refractivity contribution in [2.24, 2.45) is 7.05 Å². The first kappa shape index (κ1) is 21.1. The van der Waals surface area contributed by atoms with Crippen molar-refractivity contribution in [1.82, 2.24) is 29.4 Å². The van der Waals surface area contributed by atoms with Crippen molar-refractivity contribution < 1.29 is 4.79 Å². The van der Waals surface area contributed by atoms with E-state index in [0.717, 1.165) is 48.2 Å². The van der Waals surface area contributed by atoms with Gasteiger partial charge in [-0.3, -0.25) is 9.48 Å². The molecule has 0 radical (unpaired) electrons. The molecule has 0 N–H and O–H groups in total. The zero-order valence-corrected chi connectivity index (χ0v) is 19.7. The number of aryl methyl sites for hydroxylation is 1. The summed E-state index contributed by atoms with van der Waals surface area (Å²) in [4.78, 5) is 20.0.